The van der Waals surface area contributed by atoms with Gasteiger partial charge in [-0.3, -0.25) is 4.79 Å². The molecule has 0 aliphatic heterocycles. The van der Waals surface area contributed by atoms with Crippen molar-refractivity contribution in [3.63, 3.8) is 0 Å². The monoisotopic (exact) mass is 376 g/mol. The first-order valence-electron chi connectivity index (χ1n) is 8.27. The smallest absolute Gasteiger partial charge is 0.408 e. The van der Waals surface area contributed by atoms with Gasteiger partial charge in [-0.05, 0) is 66.9 Å². The van der Waals surface area contributed by atoms with E-state index in [1.165, 1.54) is 6.92 Å². The standard InChI is InChI=1S/C17H32N2O5S/c1-11(18-15(22)24-17(5,6)7)13(20)19-12(9-10-25-8)14(21)23-16(2,3)4/h11-12H,9-10H2,1-8H3,(H,18,22)(H,19,20)/t11-,12-/m0/s1. The van der Waals surface area contributed by atoms with Crippen molar-refractivity contribution in [2.75, 3.05) is 12.0 Å². The van der Waals surface area contributed by atoms with Crippen LogP contribution in [0.4, 0.5) is 4.79 Å². The molecule has 2 amide bonds. The third-order valence-electron chi connectivity index (χ3n) is 2.74. The van der Waals surface area contributed by atoms with Gasteiger partial charge in [-0.15, -0.1) is 0 Å². The molecule has 146 valence electrons. The summed E-state index contributed by atoms with van der Waals surface area (Å²) in [7, 11) is 0. The fraction of sp³-hybridized carbons (Fsp3) is 0.824. The highest BCUT2D eigenvalue weighted by molar-refractivity contribution is 7.98. The quantitative estimate of drug-likeness (QED) is 0.663. The summed E-state index contributed by atoms with van der Waals surface area (Å²) in [4.78, 5) is 36.3. The molecule has 0 saturated carbocycles. The van der Waals surface area contributed by atoms with E-state index in [-0.39, 0.29) is 0 Å². The number of ether oxygens (including phenoxy) is 2. The lowest BCUT2D eigenvalue weighted by Crippen LogP contribution is -2.52. The molecule has 2 N–H and O–H groups in total. The first-order chi connectivity index (χ1) is 11.2. The van der Waals surface area contributed by atoms with Crippen molar-refractivity contribution < 1.29 is 23.9 Å². The predicted molar refractivity (Wildman–Crippen MR) is 99.6 cm³/mol. The zero-order valence-corrected chi connectivity index (χ0v) is 17.3. The molecular formula is C17H32N2O5S. The molecule has 0 unspecified atom stereocenters. The van der Waals surface area contributed by atoms with Crippen molar-refractivity contribution in [1.82, 2.24) is 10.6 Å². The van der Waals surface area contributed by atoms with Gasteiger partial charge in [0.05, 0.1) is 0 Å². The average Bonchev–Trinajstić information content (AvgIpc) is 2.38. The molecule has 0 aliphatic carbocycles. The van der Waals surface area contributed by atoms with Crippen molar-refractivity contribution in [3.05, 3.63) is 0 Å². The summed E-state index contributed by atoms with van der Waals surface area (Å²) in [5.41, 5.74) is -1.29. The molecule has 0 heterocycles. The van der Waals surface area contributed by atoms with Crippen LogP contribution in [0.25, 0.3) is 0 Å². The van der Waals surface area contributed by atoms with Gasteiger partial charge >= 0.3 is 12.1 Å². The van der Waals surface area contributed by atoms with Gasteiger partial charge in [0.1, 0.15) is 23.3 Å². The maximum Gasteiger partial charge on any atom is 0.408 e. The van der Waals surface area contributed by atoms with Crippen LogP contribution in [0.3, 0.4) is 0 Å². The summed E-state index contributed by atoms with van der Waals surface area (Å²) >= 11 is 1.57. The molecule has 0 aliphatic rings. The Labute approximate surface area is 155 Å². The van der Waals surface area contributed by atoms with Gasteiger partial charge in [0.2, 0.25) is 5.91 Å². The van der Waals surface area contributed by atoms with Crippen LogP contribution in [0, 0.1) is 0 Å². The van der Waals surface area contributed by atoms with E-state index in [1.807, 2.05) is 6.26 Å². The SMILES string of the molecule is CSCC[C@H](NC(=O)[C@H](C)NC(=O)OC(C)(C)C)C(=O)OC(C)(C)C. The largest absolute Gasteiger partial charge is 0.458 e. The number of carbonyl (C=O) groups is 3. The van der Waals surface area contributed by atoms with Gasteiger partial charge in [-0.2, -0.15) is 11.8 Å². The van der Waals surface area contributed by atoms with Crippen LogP contribution in [0.1, 0.15) is 54.9 Å². The van der Waals surface area contributed by atoms with E-state index in [9.17, 15) is 14.4 Å². The van der Waals surface area contributed by atoms with Crippen molar-refractivity contribution in [3.8, 4) is 0 Å². The second-order valence-corrected chi connectivity index (χ2v) is 8.73. The van der Waals surface area contributed by atoms with Gasteiger partial charge in [0.25, 0.3) is 0 Å². The third-order valence-corrected chi connectivity index (χ3v) is 3.39. The van der Waals surface area contributed by atoms with Crippen LogP contribution < -0.4 is 10.6 Å². The number of hydrogen-bond acceptors (Lipinski definition) is 6. The second kappa shape index (κ2) is 9.89. The van der Waals surface area contributed by atoms with Gasteiger partial charge in [0, 0.05) is 0 Å². The number of hydrogen-bond donors (Lipinski definition) is 2. The van der Waals surface area contributed by atoms with E-state index >= 15 is 0 Å². The minimum Gasteiger partial charge on any atom is -0.458 e. The summed E-state index contributed by atoms with van der Waals surface area (Å²) in [5.74, 6) is -0.264. The van der Waals surface area contributed by atoms with E-state index < -0.39 is 41.3 Å². The normalized spacial score (nSPS) is 14.2. The Bertz CT molecular complexity index is 469. The number of carbonyl (C=O) groups excluding carboxylic acids is 3. The van der Waals surface area contributed by atoms with Crippen LogP contribution in [0.2, 0.25) is 0 Å². The molecule has 25 heavy (non-hydrogen) atoms. The average molecular weight is 377 g/mol. The lowest BCUT2D eigenvalue weighted by molar-refractivity contribution is -0.158. The van der Waals surface area contributed by atoms with E-state index in [0.29, 0.717) is 12.2 Å². The van der Waals surface area contributed by atoms with Crippen molar-refractivity contribution in [2.45, 2.75) is 78.2 Å². The Hall–Kier alpha value is -1.44. The molecular weight excluding hydrogens is 344 g/mol. The Morgan fingerprint density at radius 2 is 1.48 bits per heavy atom. The molecule has 0 aromatic rings. The molecule has 2 atom stereocenters. The number of thioether (sulfide) groups is 1. The van der Waals surface area contributed by atoms with Crippen LogP contribution in [0.5, 0.6) is 0 Å². The van der Waals surface area contributed by atoms with E-state index in [0.717, 1.165) is 0 Å². The predicted octanol–water partition coefficient (Wildman–Crippen LogP) is 2.48. The number of rotatable bonds is 7. The topological polar surface area (TPSA) is 93.7 Å². The molecule has 0 spiro atoms. The van der Waals surface area contributed by atoms with E-state index in [4.69, 9.17) is 9.47 Å². The van der Waals surface area contributed by atoms with Crippen LogP contribution >= 0.6 is 11.8 Å². The summed E-state index contributed by atoms with van der Waals surface area (Å²) in [6.07, 6.45) is 1.68. The zero-order valence-electron chi connectivity index (χ0n) is 16.5. The van der Waals surface area contributed by atoms with Gasteiger partial charge < -0.3 is 20.1 Å². The van der Waals surface area contributed by atoms with Crippen LogP contribution in [-0.2, 0) is 19.1 Å². The Morgan fingerprint density at radius 3 is 1.92 bits per heavy atom. The second-order valence-electron chi connectivity index (χ2n) is 7.74. The summed E-state index contributed by atoms with van der Waals surface area (Å²) in [6, 6.07) is -1.60. The highest BCUT2D eigenvalue weighted by Crippen LogP contribution is 2.11. The number of alkyl carbamates (subject to hydrolysis) is 1. The van der Waals surface area contributed by atoms with E-state index in [1.54, 1.807) is 53.3 Å². The lowest BCUT2D eigenvalue weighted by atomic mass is 10.1. The fourth-order valence-corrected chi connectivity index (χ4v) is 2.18. The van der Waals surface area contributed by atoms with Gasteiger partial charge in [0.15, 0.2) is 0 Å². The molecule has 0 saturated heterocycles. The lowest BCUT2D eigenvalue weighted by Gasteiger charge is -2.26. The molecule has 0 aromatic carbocycles. The first kappa shape index (κ1) is 23.6. The Kier molecular flexibility index (Phi) is 9.32. The van der Waals surface area contributed by atoms with E-state index in [2.05, 4.69) is 10.6 Å². The third kappa shape index (κ3) is 11.7. The molecule has 7 nitrogen and oxygen atoms in total. The Morgan fingerprint density at radius 1 is 0.960 bits per heavy atom. The van der Waals surface area contributed by atoms with Crippen molar-refractivity contribution in [1.29, 1.82) is 0 Å². The Balaban J connectivity index is 4.78. The maximum absolute atomic E-state index is 12.3. The molecule has 0 bridgehead atoms. The highest BCUT2D eigenvalue weighted by Gasteiger charge is 2.28. The number of nitrogens with one attached hydrogen (secondary N) is 2. The highest BCUT2D eigenvalue weighted by atomic mass is 32.2. The van der Waals surface area contributed by atoms with Crippen LogP contribution in [-0.4, -0.2) is 53.3 Å². The molecule has 0 rings (SSSR count). The minimum absolute atomic E-state index is 0.445. The van der Waals surface area contributed by atoms with Gasteiger partial charge in [-0.25, -0.2) is 9.59 Å². The fourth-order valence-electron chi connectivity index (χ4n) is 1.70. The molecule has 0 fully saturated rings. The summed E-state index contributed by atoms with van der Waals surface area (Å²) in [5, 5.41) is 5.10. The number of esters is 1. The first-order valence-corrected chi connectivity index (χ1v) is 9.66. The molecule has 8 heteroatoms. The minimum atomic E-state index is -0.839. The van der Waals surface area contributed by atoms with Crippen molar-refractivity contribution >= 4 is 29.7 Å². The summed E-state index contributed by atoms with van der Waals surface area (Å²) < 4.78 is 10.5. The molecule has 0 radical (unpaired) electrons. The maximum atomic E-state index is 12.3. The number of amides is 2. The molecule has 0 aromatic heterocycles. The van der Waals surface area contributed by atoms with Gasteiger partial charge in [-0.1, -0.05) is 0 Å². The zero-order chi connectivity index (χ0) is 19.8. The van der Waals surface area contributed by atoms with Crippen LogP contribution in [0.15, 0.2) is 0 Å². The summed E-state index contributed by atoms with van der Waals surface area (Å²) in [6.45, 7) is 12.0. The van der Waals surface area contributed by atoms with Crippen molar-refractivity contribution in [2.24, 2.45) is 0 Å².